The quantitative estimate of drug-likeness (QED) is 0.572. The molecule has 1 aromatic carbocycles. The SMILES string of the molecule is C=CC[C@@H](c1c(Cl)ccc(Cl)c1Cl)N1CCNCC1.Cl.Cl. The molecule has 0 amide bonds. The van der Waals surface area contributed by atoms with Crippen LogP contribution >= 0.6 is 59.6 Å². The van der Waals surface area contributed by atoms with Gasteiger partial charge in [-0.1, -0.05) is 40.9 Å². The van der Waals surface area contributed by atoms with Crippen LogP contribution in [0.1, 0.15) is 18.0 Å². The van der Waals surface area contributed by atoms with E-state index < -0.39 is 0 Å². The highest BCUT2D eigenvalue weighted by Gasteiger charge is 2.25. The average molecular weight is 393 g/mol. The molecule has 0 bridgehead atoms. The summed E-state index contributed by atoms with van der Waals surface area (Å²) in [6.45, 7) is 7.73. The molecular weight excluding hydrogens is 373 g/mol. The Labute approximate surface area is 153 Å². The lowest BCUT2D eigenvalue weighted by Crippen LogP contribution is -2.45. The molecule has 1 aliphatic rings. The molecule has 0 radical (unpaired) electrons. The molecule has 1 aromatic rings. The van der Waals surface area contributed by atoms with Gasteiger partial charge >= 0.3 is 0 Å². The fraction of sp³-hybridized carbons (Fsp3) is 0.429. The number of hydrogen-bond donors (Lipinski definition) is 1. The normalized spacial score (nSPS) is 16.5. The van der Waals surface area contributed by atoms with E-state index in [1.165, 1.54) is 0 Å². The van der Waals surface area contributed by atoms with Crippen molar-refractivity contribution in [2.75, 3.05) is 26.2 Å². The molecule has 120 valence electrons. The zero-order chi connectivity index (χ0) is 13.8. The molecule has 1 aliphatic heterocycles. The molecule has 1 heterocycles. The highest BCUT2D eigenvalue weighted by atomic mass is 35.5. The third-order valence-corrected chi connectivity index (χ3v) is 4.54. The molecular formula is C14H19Cl5N2. The molecule has 1 saturated heterocycles. The third kappa shape index (κ3) is 5.18. The van der Waals surface area contributed by atoms with Gasteiger partial charge in [0.2, 0.25) is 0 Å². The van der Waals surface area contributed by atoms with Gasteiger partial charge in [-0.05, 0) is 18.6 Å². The van der Waals surface area contributed by atoms with Gasteiger partial charge in [0.25, 0.3) is 0 Å². The van der Waals surface area contributed by atoms with Gasteiger partial charge in [0.05, 0.1) is 10.0 Å². The van der Waals surface area contributed by atoms with Crippen LogP contribution in [0.3, 0.4) is 0 Å². The molecule has 0 aliphatic carbocycles. The second kappa shape index (κ2) is 10.2. The van der Waals surface area contributed by atoms with Gasteiger partial charge in [0.1, 0.15) is 0 Å². The largest absolute Gasteiger partial charge is 0.314 e. The van der Waals surface area contributed by atoms with Gasteiger partial charge in [-0.2, -0.15) is 0 Å². The van der Waals surface area contributed by atoms with Gasteiger partial charge in [0.15, 0.2) is 0 Å². The van der Waals surface area contributed by atoms with Crippen molar-refractivity contribution in [3.8, 4) is 0 Å². The predicted molar refractivity (Wildman–Crippen MR) is 98.0 cm³/mol. The lowest BCUT2D eigenvalue weighted by atomic mass is 10.0. The van der Waals surface area contributed by atoms with Crippen LogP contribution in [0.4, 0.5) is 0 Å². The number of halogens is 5. The van der Waals surface area contributed by atoms with Crippen LogP contribution in [0.25, 0.3) is 0 Å². The van der Waals surface area contributed by atoms with E-state index in [-0.39, 0.29) is 30.9 Å². The van der Waals surface area contributed by atoms with Crippen molar-refractivity contribution >= 4 is 59.6 Å². The Morgan fingerprint density at radius 2 is 1.71 bits per heavy atom. The highest BCUT2D eigenvalue weighted by Crippen LogP contribution is 2.39. The Bertz CT molecular complexity index is 461. The highest BCUT2D eigenvalue weighted by molar-refractivity contribution is 6.44. The van der Waals surface area contributed by atoms with E-state index in [1.54, 1.807) is 6.07 Å². The van der Waals surface area contributed by atoms with Crippen LogP contribution in [0.15, 0.2) is 24.8 Å². The second-order valence-electron chi connectivity index (χ2n) is 4.58. The van der Waals surface area contributed by atoms with Crippen molar-refractivity contribution in [2.45, 2.75) is 12.5 Å². The molecule has 1 fully saturated rings. The summed E-state index contributed by atoms with van der Waals surface area (Å²) in [6, 6.07) is 3.68. The topological polar surface area (TPSA) is 15.3 Å². The molecule has 2 nitrogen and oxygen atoms in total. The first-order chi connectivity index (χ1) is 9.15. The van der Waals surface area contributed by atoms with Crippen LogP contribution in [0, 0.1) is 0 Å². The summed E-state index contributed by atoms with van der Waals surface area (Å²) in [5.41, 5.74) is 0.914. The first-order valence-corrected chi connectivity index (χ1v) is 7.47. The summed E-state index contributed by atoms with van der Waals surface area (Å²) in [5.74, 6) is 0. The predicted octanol–water partition coefficient (Wildman–Crippen LogP) is 5.01. The van der Waals surface area contributed by atoms with Crippen molar-refractivity contribution in [2.24, 2.45) is 0 Å². The number of hydrogen-bond acceptors (Lipinski definition) is 2. The number of nitrogens with one attached hydrogen (secondary N) is 1. The average Bonchev–Trinajstić information content (AvgIpc) is 2.43. The van der Waals surface area contributed by atoms with Crippen LogP contribution in [0.2, 0.25) is 15.1 Å². The molecule has 0 aromatic heterocycles. The molecule has 0 saturated carbocycles. The van der Waals surface area contributed by atoms with Crippen LogP contribution in [-0.2, 0) is 0 Å². The maximum Gasteiger partial charge on any atom is 0.0655 e. The summed E-state index contributed by atoms with van der Waals surface area (Å²) >= 11 is 18.8. The third-order valence-electron chi connectivity index (χ3n) is 3.39. The Balaban J connectivity index is 0.00000200. The molecule has 0 spiro atoms. The van der Waals surface area contributed by atoms with Gasteiger partial charge < -0.3 is 5.32 Å². The molecule has 1 N–H and O–H groups in total. The van der Waals surface area contributed by atoms with Crippen molar-refractivity contribution in [3.05, 3.63) is 45.4 Å². The summed E-state index contributed by atoms with van der Waals surface area (Å²) < 4.78 is 0. The second-order valence-corrected chi connectivity index (χ2v) is 5.78. The van der Waals surface area contributed by atoms with Crippen molar-refractivity contribution in [1.82, 2.24) is 10.2 Å². The molecule has 0 unspecified atom stereocenters. The minimum Gasteiger partial charge on any atom is -0.314 e. The fourth-order valence-corrected chi connectivity index (χ4v) is 3.24. The summed E-state index contributed by atoms with van der Waals surface area (Å²) in [7, 11) is 0. The van der Waals surface area contributed by atoms with E-state index in [2.05, 4.69) is 16.8 Å². The Morgan fingerprint density at radius 1 is 1.14 bits per heavy atom. The number of nitrogens with zero attached hydrogens (tertiary/aromatic N) is 1. The van der Waals surface area contributed by atoms with Crippen LogP contribution < -0.4 is 5.32 Å². The maximum atomic E-state index is 6.36. The summed E-state index contributed by atoms with van der Waals surface area (Å²) in [6.07, 6.45) is 2.71. The Hall–Kier alpha value is 0.330. The monoisotopic (exact) mass is 390 g/mol. The summed E-state index contributed by atoms with van der Waals surface area (Å²) in [5, 5.41) is 5.11. The van der Waals surface area contributed by atoms with E-state index in [1.807, 2.05) is 12.1 Å². The van der Waals surface area contributed by atoms with Gasteiger partial charge in [-0.25, -0.2) is 0 Å². The lowest BCUT2D eigenvalue weighted by Gasteiger charge is -2.35. The zero-order valence-corrected chi connectivity index (χ0v) is 15.4. The van der Waals surface area contributed by atoms with E-state index in [9.17, 15) is 0 Å². The lowest BCUT2D eigenvalue weighted by molar-refractivity contribution is 0.174. The Morgan fingerprint density at radius 3 is 2.29 bits per heavy atom. The number of piperazine rings is 1. The Kier molecular flexibility index (Phi) is 10.3. The minimum atomic E-state index is 0. The maximum absolute atomic E-state index is 6.36. The fourth-order valence-electron chi connectivity index (χ4n) is 2.45. The van der Waals surface area contributed by atoms with Crippen LogP contribution in [0.5, 0.6) is 0 Å². The number of rotatable bonds is 4. The van der Waals surface area contributed by atoms with E-state index in [4.69, 9.17) is 34.8 Å². The van der Waals surface area contributed by atoms with Crippen LogP contribution in [-0.4, -0.2) is 31.1 Å². The van der Waals surface area contributed by atoms with Gasteiger partial charge in [0, 0.05) is 42.8 Å². The molecule has 2 rings (SSSR count). The van der Waals surface area contributed by atoms with E-state index in [0.29, 0.717) is 15.1 Å². The smallest absolute Gasteiger partial charge is 0.0655 e. The first kappa shape index (κ1) is 21.3. The number of benzene rings is 1. The summed E-state index contributed by atoms with van der Waals surface area (Å²) in [4.78, 5) is 2.38. The van der Waals surface area contributed by atoms with Gasteiger partial charge in [-0.3, -0.25) is 4.90 Å². The molecule has 21 heavy (non-hydrogen) atoms. The molecule has 1 atom stereocenters. The minimum absolute atomic E-state index is 0. The van der Waals surface area contributed by atoms with Crippen molar-refractivity contribution in [3.63, 3.8) is 0 Å². The first-order valence-electron chi connectivity index (χ1n) is 6.34. The zero-order valence-electron chi connectivity index (χ0n) is 11.4. The van der Waals surface area contributed by atoms with Gasteiger partial charge in [-0.15, -0.1) is 31.4 Å². The van der Waals surface area contributed by atoms with E-state index >= 15 is 0 Å². The standard InChI is InChI=1S/C14H17Cl3N2.2ClH/c1-2-3-12(19-8-6-18-7-9-19)13-10(15)4-5-11(16)14(13)17;;/h2,4-5,12,18H,1,3,6-9H2;2*1H/t12-;;/m0../s1. The van der Waals surface area contributed by atoms with Crippen molar-refractivity contribution < 1.29 is 0 Å². The molecule has 7 heteroatoms. The van der Waals surface area contributed by atoms with E-state index in [0.717, 1.165) is 38.2 Å². The van der Waals surface area contributed by atoms with Crippen molar-refractivity contribution in [1.29, 1.82) is 0 Å².